The van der Waals surface area contributed by atoms with Gasteiger partial charge in [-0.3, -0.25) is 4.79 Å². The average Bonchev–Trinajstić information content (AvgIpc) is 2.49. The summed E-state index contributed by atoms with van der Waals surface area (Å²) in [7, 11) is 0. The summed E-state index contributed by atoms with van der Waals surface area (Å²) in [5.74, 6) is 0. The normalized spacial score (nSPS) is 10.4. The molecular formula is C17H14N2O. The molecule has 0 amide bonds. The molecule has 0 radical (unpaired) electrons. The maximum atomic E-state index is 12.1. The number of aromatic nitrogens is 2. The molecular weight excluding hydrogens is 248 g/mol. The van der Waals surface area contributed by atoms with Gasteiger partial charge in [0.2, 0.25) is 0 Å². The highest BCUT2D eigenvalue weighted by molar-refractivity contribution is 5.62. The van der Waals surface area contributed by atoms with Crippen molar-refractivity contribution in [2.75, 3.05) is 0 Å². The summed E-state index contributed by atoms with van der Waals surface area (Å²) in [6.45, 7) is 1.91. The summed E-state index contributed by atoms with van der Waals surface area (Å²) in [5.41, 5.74) is 3.38. The van der Waals surface area contributed by atoms with E-state index in [9.17, 15) is 4.79 Å². The number of benzene rings is 2. The fourth-order valence-corrected chi connectivity index (χ4v) is 2.18. The minimum absolute atomic E-state index is 0.117. The van der Waals surface area contributed by atoms with Crippen molar-refractivity contribution in [3.63, 3.8) is 0 Å². The number of aryl methyl sites for hydroxylation is 1. The molecule has 3 heteroatoms. The molecule has 0 saturated heterocycles. The van der Waals surface area contributed by atoms with Gasteiger partial charge in [-0.05, 0) is 24.6 Å². The van der Waals surface area contributed by atoms with Gasteiger partial charge in [-0.2, -0.15) is 9.78 Å². The molecule has 0 aliphatic carbocycles. The maximum absolute atomic E-state index is 12.1. The Morgan fingerprint density at radius 2 is 1.50 bits per heavy atom. The first-order valence-corrected chi connectivity index (χ1v) is 6.47. The van der Waals surface area contributed by atoms with Gasteiger partial charge in [-0.1, -0.05) is 48.5 Å². The van der Waals surface area contributed by atoms with Crippen LogP contribution in [0.4, 0.5) is 0 Å². The summed E-state index contributed by atoms with van der Waals surface area (Å²) in [6.07, 6.45) is 0. The second-order valence-corrected chi connectivity index (χ2v) is 4.63. The van der Waals surface area contributed by atoms with E-state index >= 15 is 0 Å². The number of hydrogen-bond donors (Lipinski definition) is 0. The predicted molar refractivity (Wildman–Crippen MR) is 80.0 cm³/mol. The Kier molecular flexibility index (Phi) is 3.17. The lowest BCUT2D eigenvalue weighted by Crippen LogP contribution is -2.21. The molecule has 0 fully saturated rings. The smallest absolute Gasteiger partial charge is 0.267 e. The van der Waals surface area contributed by atoms with Crippen LogP contribution >= 0.6 is 0 Å². The fourth-order valence-electron chi connectivity index (χ4n) is 2.18. The quantitative estimate of drug-likeness (QED) is 0.710. The van der Waals surface area contributed by atoms with E-state index in [0.717, 1.165) is 22.5 Å². The van der Waals surface area contributed by atoms with Crippen LogP contribution in [0.3, 0.4) is 0 Å². The molecule has 0 atom stereocenters. The molecule has 3 nitrogen and oxygen atoms in total. The van der Waals surface area contributed by atoms with Crippen molar-refractivity contribution in [3.05, 3.63) is 82.6 Å². The highest BCUT2D eigenvalue weighted by Gasteiger charge is 2.08. The Morgan fingerprint density at radius 1 is 0.900 bits per heavy atom. The highest BCUT2D eigenvalue weighted by Crippen LogP contribution is 2.19. The van der Waals surface area contributed by atoms with Crippen LogP contribution in [0.5, 0.6) is 0 Å². The summed E-state index contributed by atoms with van der Waals surface area (Å²) < 4.78 is 1.44. The van der Waals surface area contributed by atoms with Crippen LogP contribution in [-0.4, -0.2) is 9.78 Å². The third-order valence-corrected chi connectivity index (χ3v) is 3.17. The van der Waals surface area contributed by atoms with Crippen molar-refractivity contribution in [1.82, 2.24) is 9.78 Å². The third-order valence-electron chi connectivity index (χ3n) is 3.17. The topological polar surface area (TPSA) is 34.9 Å². The van der Waals surface area contributed by atoms with E-state index in [4.69, 9.17) is 0 Å². The highest BCUT2D eigenvalue weighted by atomic mass is 16.1. The zero-order valence-electron chi connectivity index (χ0n) is 11.2. The summed E-state index contributed by atoms with van der Waals surface area (Å²) >= 11 is 0. The number of para-hydroxylation sites is 1. The fraction of sp³-hybridized carbons (Fsp3) is 0.0588. The zero-order valence-corrected chi connectivity index (χ0v) is 11.2. The monoisotopic (exact) mass is 262 g/mol. The summed E-state index contributed by atoms with van der Waals surface area (Å²) in [5, 5.41) is 4.52. The van der Waals surface area contributed by atoms with E-state index in [1.165, 1.54) is 4.68 Å². The van der Waals surface area contributed by atoms with Crippen molar-refractivity contribution in [3.8, 4) is 16.9 Å². The van der Waals surface area contributed by atoms with E-state index in [-0.39, 0.29) is 5.56 Å². The minimum Gasteiger partial charge on any atom is -0.267 e. The number of hydrogen-bond acceptors (Lipinski definition) is 2. The van der Waals surface area contributed by atoms with E-state index in [0.29, 0.717) is 0 Å². The van der Waals surface area contributed by atoms with Crippen LogP contribution in [0.2, 0.25) is 0 Å². The molecule has 0 spiro atoms. The lowest BCUT2D eigenvalue weighted by Gasteiger charge is -2.09. The molecule has 3 rings (SSSR count). The Morgan fingerprint density at radius 3 is 2.15 bits per heavy atom. The van der Waals surface area contributed by atoms with Gasteiger partial charge in [-0.25, -0.2) is 0 Å². The van der Waals surface area contributed by atoms with Gasteiger partial charge in [0.1, 0.15) is 0 Å². The van der Waals surface area contributed by atoms with Crippen LogP contribution in [0.15, 0.2) is 71.5 Å². The van der Waals surface area contributed by atoms with Crippen LogP contribution in [0, 0.1) is 6.92 Å². The molecule has 1 aromatic heterocycles. The van der Waals surface area contributed by atoms with Gasteiger partial charge in [0.05, 0.1) is 11.4 Å². The van der Waals surface area contributed by atoms with Crippen LogP contribution < -0.4 is 5.56 Å². The molecule has 0 aliphatic heterocycles. The molecule has 0 unspecified atom stereocenters. The van der Waals surface area contributed by atoms with Gasteiger partial charge < -0.3 is 0 Å². The van der Waals surface area contributed by atoms with E-state index < -0.39 is 0 Å². The summed E-state index contributed by atoms with van der Waals surface area (Å²) in [4.78, 5) is 12.1. The second kappa shape index (κ2) is 5.13. The molecule has 20 heavy (non-hydrogen) atoms. The van der Waals surface area contributed by atoms with E-state index in [1.54, 1.807) is 6.07 Å². The molecule has 1 heterocycles. The van der Waals surface area contributed by atoms with Gasteiger partial charge >= 0.3 is 0 Å². The molecule has 0 N–H and O–H groups in total. The Balaban J connectivity index is 2.21. The molecule has 0 aliphatic rings. The van der Waals surface area contributed by atoms with Crippen molar-refractivity contribution >= 4 is 0 Å². The molecule has 98 valence electrons. The molecule has 2 aromatic carbocycles. The van der Waals surface area contributed by atoms with E-state index in [2.05, 4.69) is 5.10 Å². The Bertz CT molecular complexity index is 777. The van der Waals surface area contributed by atoms with Crippen LogP contribution in [0.1, 0.15) is 5.56 Å². The standard InChI is InChI=1S/C17H14N2O/c1-13-12-16(20)19(15-10-6-3-7-11-15)18-17(13)14-8-4-2-5-9-14/h2-12H,1H3. The first-order valence-electron chi connectivity index (χ1n) is 6.47. The van der Waals surface area contributed by atoms with E-state index in [1.807, 2.05) is 67.6 Å². The second-order valence-electron chi connectivity index (χ2n) is 4.63. The average molecular weight is 262 g/mol. The Hall–Kier alpha value is -2.68. The third kappa shape index (κ3) is 2.26. The summed E-state index contributed by atoms with van der Waals surface area (Å²) in [6, 6.07) is 21.0. The SMILES string of the molecule is Cc1cc(=O)n(-c2ccccc2)nc1-c1ccccc1. The van der Waals surface area contributed by atoms with Crippen molar-refractivity contribution in [1.29, 1.82) is 0 Å². The zero-order chi connectivity index (χ0) is 13.9. The van der Waals surface area contributed by atoms with Crippen molar-refractivity contribution < 1.29 is 0 Å². The lowest BCUT2D eigenvalue weighted by molar-refractivity contribution is 0.806. The van der Waals surface area contributed by atoms with Crippen molar-refractivity contribution in [2.45, 2.75) is 6.92 Å². The van der Waals surface area contributed by atoms with Gasteiger partial charge in [0.25, 0.3) is 5.56 Å². The molecule has 3 aromatic rings. The van der Waals surface area contributed by atoms with Gasteiger partial charge in [-0.15, -0.1) is 0 Å². The predicted octanol–water partition coefficient (Wildman–Crippen LogP) is 3.21. The maximum Gasteiger partial charge on any atom is 0.271 e. The molecule has 0 bridgehead atoms. The van der Waals surface area contributed by atoms with Crippen LogP contribution in [-0.2, 0) is 0 Å². The number of rotatable bonds is 2. The van der Waals surface area contributed by atoms with Gasteiger partial charge in [0.15, 0.2) is 0 Å². The first kappa shape index (κ1) is 12.4. The minimum atomic E-state index is -0.117. The first-order chi connectivity index (χ1) is 9.75. The number of nitrogens with zero attached hydrogens (tertiary/aromatic N) is 2. The van der Waals surface area contributed by atoms with Crippen molar-refractivity contribution in [2.24, 2.45) is 0 Å². The molecule has 0 saturated carbocycles. The largest absolute Gasteiger partial charge is 0.271 e. The van der Waals surface area contributed by atoms with Gasteiger partial charge in [0, 0.05) is 11.6 Å². The lowest BCUT2D eigenvalue weighted by atomic mass is 10.1. The van der Waals surface area contributed by atoms with Crippen LogP contribution in [0.25, 0.3) is 16.9 Å². The Labute approximate surface area is 117 Å².